The molecule has 0 bridgehead atoms. The Labute approximate surface area is 105 Å². The van der Waals surface area contributed by atoms with Gasteiger partial charge in [-0.1, -0.05) is 13.3 Å². The molecule has 1 amide bonds. The van der Waals surface area contributed by atoms with Gasteiger partial charge in [0, 0.05) is 25.7 Å². The maximum absolute atomic E-state index is 11.9. The quantitative estimate of drug-likeness (QED) is 0.686. The van der Waals surface area contributed by atoms with Gasteiger partial charge in [-0.25, -0.2) is 0 Å². The second-order valence-corrected chi connectivity index (χ2v) is 4.63. The van der Waals surface area contributed by atoms with E-state index >= 15 is 0 Å². The van der Waals surface area contributed by atoms with Crippen molar-refractivity contribution in [2.24, 2.45) is 0 Å². The molecule has 0 aromatic rings. The first-order chi connectivity index (χ1) is 8.27. The van der Waals surface area contributed by atoms with E-state index in [-0.39, 0.29) is 12.5 Å². The maximum atomic E-state index is 11.9. The fraction of sp³-hybridized carbons (Fsp3) is 0.923. The number of ether oxygens (including phenoxy) is 1. The molecule has 100 valence electrons. The van der Waals surface area contributed by atoms with Crippen LogP contribution in [0.15, 0.2) is 0 Å². The van der Waals surface area contributed by atoms with E-state index in [1.54, 1.807) is 0 Å². The Balaban J connectivity index is 2.27. The summed E-state index contributed by atoms with van der Waals surface area (Å²) in [6, 6.07) is 0.471. The number of amides is 1. The number of carbonyl (C=O) groups is 1. The highest BCUT2D eigenvalue weighted by Gasteiger charge is 2.19. The standard InChI is InChI=1S/C13H26N2O2/c1-3-9-17-11-13(16)15(4-2)10-12-7-5-6-8-14-12/h12,14H,3-11H2,1-2H3. The Kier molecular flexibility index (Phi) is 7.21. The smallest absolute Gasteiger partial charge is 0.248 e. The Morgan fingerprint density at radius 3 is 2.82 bits per heavy atom. The molecule has 1 unspecified atom stereocenters. The van der Waals surface area contributed by atoms with E-state index in [1.807, 2.05) is 18.7 Å². The van der Waals surface area contributed by atoms with Crippen molar-refractivity contribution >= 4 is 5.91 Å². The first-order valence-corrected chi connectivity index (χ1v) is 6.86. The third-order valence-electron chi connectivity index (χ3n) is 3.16. The summed E-state index contributed by atoms with van der Waals surface area (Å²) >= 11 is 0. The van der Waals surface area contributed by atoms with Gasteiger partial charge < -0.3 is 15.0 Å². The number of nitrogens with one attached hydrogen (secondary N) is 1. The summed E-state index contributed by atoms with van der Waals surface area (Å²) < 4.78 is 5.30. The van der Waals surface area contributed by atoms with Gasteiger partial charge in [0.1, 0.15) is 6.61 Å². The second-order valence-electron chi connectivity index (χ2n) is 4.63. The van der Waals surface area contributed by atoms with Crippen molar-refractivity contribution in [3.05, 3.63) is 0 Å². The molecule has 0 spiro atoms. The molecule has 1 aliphatic heterocycles. The summed E-state index contributed by atoms with van der Waals surface area (Å²) in [5.74, 6) is 0.119. The number of rotatable bonds is 7. The number of hydrogen-bond donors (Lipinski definition) is 1. The van der Waals surface area contributed by atoms with Crippen LogP contribution in [0.2, 0.25) is 0 Å². The van der Waals surface area contributed by atoms with Crippen LogP contribution >= 0.6 is 0 Å². The Morgan fingerprint density at radius 1 is 1.41 bits per heavy atom. The average Bonchev–Trinajstić information content (AvgIpc) is 2.37. The fourth-order valence-electron chi connectivity index (χ4n) is 2.15. The van der Waals surface area contributed by atoms with E-state index < -0.39 is 0 Å². The number of likely N-dealkylation sites (N-methyl/N-ethyl adjacent to an activating group) is 1. The van der Waals surface area contributed by atoms with Crippen LogP contribution in [-0.2, 0) is 9.53 Å². The minimum atomic E-state index is 0.119. The van der Waals surface area contributed by atoms with Gasteiger partial charge in [-0.05, 0) is 32.7 Å². The minimum Gasteiger partial charge on any atom is -0.372 e. The SMILES string of the molecule is CCCOCC(=O)N(CC)CC1CCCCN1. The van der Waals surface area contributed by atoms with Crippen molar-refractivity contribution < 1.29 is 9.53 Å². The van der Waals surface area contributed by atoms with E-state index in [9.17, 15) is 4.79 Å². The van der Waals surface area contributed by atoms with Gasteiger partial charge in [0.15, 0.2) is 0 Å². The zero-order valence-corrected chi connectivity index (χ0v) is 11.2. The van der Waals surface area contributed by atoms with E-state index in [4.69, 9.17) is 4.74 Å². The molecule has 4 heteroatoms. The van der Waals surface area contributed by atoms with Crippen molar-refractivity contribution in [3.63, 3.8) is 0 Å². The average molecular weight is 242 g/mol. The molecule has 1 atom stereocenters. The molecule has 0 aromatic heterocycles. The molecular formula is C13H26N2O2. The highest BCUT2D eigenvalue weighted by molar-refractivity contribution is 5.77. The Hall–Kier alpha value is -0.610. The molecule has 1 fully saturated rings. The van der Waals surface area contributed by atoms with E-state index in [1.165, 1.54) is 19.3 Å². The molecule has 0 radical (unpaired) electrons. The molecule has 1 rings (SSSR count). The van der Waals surface area contributed by atoms with Crippen LogP contribution in [0.5, 0.6) is 0 Å². The highest BCUT2D eigenvalue weighted by atomic mass is 16.5. The number of nitrogens with zero attached hydrogens (tertiary/aromatic N) is 1. The van der Waals surface area contributed by atoms with Crippen molar-refractivity contribution in [1.82, 2.24) is 10.2 Å². The van der Waals surface area contributed by atoms with Crippen LogP contribution in [0, 0.1) is 0 Å². The van der Waals surface area contributed by atoms with Crippen LogP contribution in [0.25, 0.3) is 0 Å². The van der Waals surface area contributed by atoms with Gasteiger partial charge in [0.2, 0.25) is 5.91 Å². The van der Waals surface area contributed by atoms with Crippen LogP contribution in [0.3, 0.4) is 0 Å². The summed E-state index contributed by atoms with van der Waals surface area (Å²) in [6.45, 7) is 7.66. The van der Waals surface area contributed by atoms with Crippen LogP contribution in [-0.4, -0.2) is 49.7 Å². The highest BCUT2D eigenvalue weighted by Crippen LogP contribution is 2.08. The third kappa shape index (κ3) is 5.50. The number of piperidine rings is 1. The van der Waals surface area contributed by atoms with E-state index in [0.717, 1.165) is 26.1 Å². The fourth-order valence-corrected chi connectivity index (χ4v) is 2.15. The minimum absolute atomic E-state index is 0.119. The third-order valence-corrected chi connectivity index (χ3v) is 3.16. The van der Waals surface area contributed by atoms with Crippen molar-refractivity contribution in [2.45, 2.75) is 45.6 Å². The van der Waals surface area contributed by atoms with Crippen LogP contribution in [0.4, 0.5) is 0 Å². The van der Waals surface area contributed by atoms with Crippen LogP contribution < -0.4 is 5.32 Å². The molecule has 0 saturated carbocycles. The lowest BCUT2D eigenvalue weighted by molar-refractivity contribution is -0.136. The molecule has 1 heterocycles. The topological polar surface area (TPSA) is 41.6 Å². The molecular weight excluding hydrogens is 216 g/mol. The largest absolute Gasteiger partial charge is 0.372 e. The molecule has 0 aliphatic carbocycles. The molecule has 1 saturated heterocycles. The van der Waals surface area contributed by atoms with Crippen molar-refractivity contribution in [1.29, 1.82) is 0 Å². The monoisotopic (exact) mass is 242 g/mol. The zero-order valence-electron chi connectivity index (χ0n) is 11.2. The lowest BCUT2D eigenvalue weighted by Crippen LogP contribution is -2.46. The zero-order chi connectivity index (χ0) is 12.5. The molecule has 1 aliphatic rings. The van der Waals surface area contributed by atoms with Gasteiger partial charge in [-0.2, -0.15) is 0 Å². The lowest BCUT2D eigenvalue weighted by Gasteiger charge is -2.30. The second kappa shape index (κ2) is 8.48. The molecule has 4 nitrogen and oxygen atoms in total. The lowest BCUT2D eigenvalue weighted by atomic mass is 10.0. The molecule has 1 N–H and O–H groups in total. The van der Waals surface area contributed by atoms with E-state index in [0.29, 0.717) is 12.6 Å². The normalized spacial score (nSPS) is 20.2. The number of hydrogen-bond acceptors (Lipinski definition) is 3. The first-order valence-electron chi connectivity index (χ1n) is 6.86. The van der Waals surface area contributed by atoms with E-state index in [2.05, 4.69) is 5.32 Å². The van der Waals surface area contributed by atoms with Gasteiger partial charge >= 0.3 is 0 Å². The maximum Gasteiger partial charge on any atom is 0.248 e. The van der Waals surface area contributed by atoms with Crippen LogP contribution in [0.1, 0.15) is 39.5 Å². The summed E-state index contributed by atoms with van der Waals surface area (Å²) in [4.78, 5) is 13.8. The van der Waals surface area contributed by atoms with Gasteiger partial charge in [-0.3, -0.25) is 4.79 Å². The van der Waals surface area contributed by atoms with Gasteiger partial charge in [0.05, 0.1) is 0 Å². The summed E-state index contributed by atoms with van der Waals surface area (Å²) in [7, 11) is 0. The van der Waals surface area contributed by atoms with Gasteiger partial charge in [-0.15, -0.1) is 0 Å². The number of carbonyl (C=O) groups excluding carboxylic acids is 1. The van der Waals surface area contributed by atoms with Crippen molar-refractivity contribution in [3.8, 4) is 0 Å². The molecule has 0 aromatic carbocycles. The Bertz CT molecular complexity index is 215. The first kappa shape index (κ1) is 14.5. The van der Waals surface area contributed by atoms with Gasteiger partial charge in [0.25, 0.3) is 0 Å². The summed E-state index contributed by atoms with van der Waals surface area (Å²) in [5, 5.41) is 3.47. The summed E-state index contributed by atoms with van der Waals surface area (Å²) in [5.41, 5.74) is 0. The predicted molar refractivity (Wildman–Crippen MR) is 69.0 cm³/mol. The Morgan fingerprint density at radius 2 is 2.24 bits per heavy atom. The summed E-state index contributed by atoms with van der Waals surface area (Å²) in [6.07, 6.45) is 4.68. The van der Waals surface area contributed by atoms with Crippen molar-refractivity contribution in [2.75, 3.05) is 32.8 Å². The molecule has 17 heavy (non-hydrogen) atoms. The predicted octanol–water partition coefficient (Wildman–Crippen LogP) is 1.40.